The third kappa shape index (κ3) is 2.20. The molecule has 0 atom stereocenters. The van der Waals surface area contributed by atoms with E-state index in [1.807, 2.05) is 6.20 Å². The molecule has 1 aliphatic heterocycles. The Balaban J connectivity index is 1.72. The minimum Gasteiger partial charge on any atom is -0.348 e. The average molecular weight is 234 g/mol. The number of nitrogens with zero attached hydrogens (tertiary/aromatic N) is 2. The van der Waals surface area contributed by atoms with Crippen molar-refractivity contribution in [3.63, 3.8) is 0 Å². The summed E-state index contributed by atoms with van der Waals surface area (Å²) in [5.41, 5.74) is 0.578. The van der Waals surface area contributed by atoms with E-state index in [4.69, 9.17) is 0 Å². The summed E-state index contributed by atoms with van der Waals surface area (Å²) in [7, 11) is 0. The fourth-order valence-corrected chi connectivity index (χ4v) is 2.29. The third-order valence-electron chi connectivity index (χ3n) is 3.59. The first-order valence-corrected chi connectivity index (χ1v) is 6.40. The summed E-state index contributed by atoms with van der Waals surface area (Å²) in [5.74, 6) is 1.01. The molecule has 1 aromatic rings. The highest BCUT2D eigenvalue weighted by atomic mass is 16.2. The van der Waals surface area contributed by atoms with Gasteiger partial charge in [0.2, 0.25) is 0 Å². The first-order chi connectivity index (χ1) is 8.33. The Hall–Kier alpha value is -1.36. The molecule has 1 fully saturated rings. The lowest BCUT2D eigenvalue weighted by Gasteiger charge is -2.25. The van der Waals surface area contributed by atoms with Crippen LogP contribution in [0.5, 0.6) is 0 Å². The number of hydrogen-bond acceptors (Lipinski definition) is 3. The van der Waals surface area contributed by atoms with E-state index in [-0.39, 0.29) is 5.91 Å². The number of rotatable bonds is 2. The van der Waals surface area contributed by atoms with Crippen LogP contribution < -0.4 is 10.6 Å². The molecule has 0 spiro atoms. The summed E-state index contributed by atoms with van der Waals surface area (Å²) < 4.78 is 2.09. The van der Waals surface area contributed by atoms with Crippen LogP contribution in [0.1, 0.15) is 35.6 Å². The summed E-state index contributed by atoms with van der Waals surface area (Å²) in [6.45, 7) is 2.80. The molecule has 5 nitrogen and oxygen atoms in total. The van der Waals surface area contributed by atoms with Crippen molar-refractivity contribution >= 4 is 5.91 Å². The number of nitrogens with one attached hydrogen (secondary N) is 2. The molecule has 1 aliphatic carbocycles. The second-order valence-electron chi connectivity index (χ2n) is 4.84. The van der Waals surface area contributed by atoms with Gasteiger partial charge in [-0.2, -0.15) is 0 Å². The number of imidazole rings is 1. The highest BCUT2D eigenvalue weighted by Gasteiger charge is 2.22. The maximum atomic E-state index is 11.9. The number of carbonyl (C=O) groups excluding carboxylic acids is 1. The van der Waals surface area contributed by atoms with Crippen LogP contribution in [-0.2, 0) is 13.0 Å². The van der Waals surface area contributed by atoms with E-state index in [1.165, 1.54) is 6.42 Å². The van der Waals surface area contributed by atoms with Crippen LogP contribution in [0.2, 0.25) is 0 Å². The van der Waals surface area contributed by atoms with Crippen LogP contribution in [0.3, 0.4) is 0 Å². The normalized spacial score (nSPS) is 20.2. The predicted molar refractivity (Wildman–Crippen MR) is 63.9 cm³/mol. The quantitative estimate of drug-likeness (QED) is 0.774. The van der Waals surface area contributed by atoms with Crippen LogP contribution >= 0.6 is 0 Å². The molecule has 0 aromatic carbocycles. The zero-order chi connectivity index (χ0) is 11.7. The number of carbonyl (C=O) groups is 1. The second kappa shape index (κ2) is 4.49. The minimum atomic E-state index is -0.0109. The van der Waals surface area contributed by atoms with Gasteiger partial charge in [-0.25, -0.2) is 4.98 Å². The molecule has 3 rings (SSSR count). The summed E-state index contributed by atoms with van der Waals surface area (Å²) >= 11 is 0. The number of amides is 1. The molecule has 0 unspecified atom stereocenters. The van der Waals surface area contributed by atoms with E-state index >= 15 is 0 Å². The molecule has 1 amide bonds. The van der Waals surface area contributed by atoms with Crippen molar-refractivity contribution in [1.29, 1.82) is 0 Å². The Bertz CT molecular complexity index is 399. The van der Waals surface area contributed by atoms with Crippen molar-refractivity contribution in [2.24, 2.45) is 0 Å². The Morgan fingerprint density at radius 3 is 3.12 bits per heavy atom. The zero-order valence-electron chi connectivity index (χ0n) is 9.91. The largest absolute Gasteiger partial charge is 0.348 e. The Morgan fingerprint density at radius 2 is 2.35 bits per heavy atom. The van der Waals surface area contributed by atoms with Gasteiger partial charge in [0.15, 0.2) is 0 Å². The van der Waals surface area contributed by atoms with E-state index in [2.05, 4.69) is 20.2 Å². The van der Waals surface area contributed by atoms with Crippen molar-refractivity contribution in [2.75, 3.05) is 13.1 Å². The lowest BCUT2D eigenvalue weighted by Crippen LogP contribution is -2.39. The van der Waals surface area contributed by atoms with Gasteiger partial charge < -0.3 is 15.2 Å². The zero-order valence-corrected chi connectivity index (χ0v) is 9.91. The fraction of sp³-hybridized carbons (Fsp3) is 0.667. The molecule has 0 radical (unpaired) electrons. The van der Waals surface area contributed by atoms with Gasteiger partial charge >= 0.3 is 0 Å². The van der Waals surface area contributed by atoms with Gasteiger partial charge in [-0.1, -0.05) is 0 Å². The lowest BCUT2D eigenvalue weighted by atomic mass is 9.93. The lowest BCUT2D eigenvalue weighted by molar-refractivity contribution is 0.0912. The molecule has 1 saturated carbocycles. The molecule has 0 saturated heterocycles. The molecule has 0 bridgehead atoms. The van der Waals surface area contributed by atoms with E-state index < -0.39 is 0 Å². The Labute approximate surface area is 101 Å². The topological polar surface area (TPSA) is 59.0 Å². The van der Waals surface area contributed by atoms with Gasteiger partial charge in [0.25, 0.3) is 5.91 Å². The molecule has 2 aliphatic rings. The van der Waals surface area contributed by atoms with Gasteiger partial charge in [0.1, 0.15) is 11.5 Å². The maximum absolute atomic E-state index is 11.9. The third-order valence-corrected chi connectivity index (χ3v) is 3.59. The SMILES string of the molecule is O=C(NC1CCC1)c1cn2c(n1)CCNCC2. The standard InChI is InChI=1S/C12H18N4O/c17-12(14-9-2-1-3-9)10-8-16-7-6-13-5-4-11(16)15-10/h8-9,13H,1-7H2,(H,14,17). The molecule has 2 heterocycles. The van der Waals surface area contributed by atoms with Gasteiger partial charge in [-0.3, -0.25) is 4.79 Å². The van der Waals surface area contributed by atoms with Crippen molar-refractivity contribution in [3.05, 3.63) is 17.7 Å². The molecular weight excluding hydrogens is 216 g/mol. The van der Waals surface area contributed by atoms with Crippen molar-refractivity contribution in [3.8, 4) is 0 Å². The number of hydrogen-bond donors (Lipinski definition) is 2. The smallest absolute Gasteiger partial charge is 0.271 e. The molecule has 92 valence electrons. The first kappa shape index (κ1) is 10.8. The summed E-state index contributed by atoms with van der Waals surface area (Å²) in [5, 5.41) is 6.35. The van der Waals surface area contributed by atoms with Crippen molar-refractivity contribution < 1.29 is 4.79 Å². The maximum Gasteiger partial charge on any atom is 0.271 e. The second-order valence-corrected chi connectivity index (χ2v) is 4.84. The van der Waals surface area contributed by atoms with E-state index in [0.29, 0.717) is 11.7 Å². The highest BCUT2D eigenvalue weighted by molar-refractivity contribution is 5.92. The average Bonchev–Trinajstić information content (AvgIpc) is 2.55. The van der Waals surface area contributed by atoms with Crippen LogP contribution in [0.15, 0.2) is 6.20 Å². The van der Waals surface area contributed by atoms with E-state index in [0.717, 1.165) is 44.7 Å². The highest BCUT2D eigenvalue weighted by Crippen LogP contribution is 2.18. The predicted octanol–water partition coefficient (Wildman–Crippen LogP) is 0.311. The first-order valence-electron chi connectivity index (χ1n) is 6.40. The van der Waals surface area contributed by atoms with Gasteiger partial charge in [0.05, 0.1) is 0 Å². The van der Waals surface area contributed by atoms with Crippen LogP contribution in [0.4, 0.5) is 0 Å². The summed E-state index contributed by atoms with van der Waals surface area (Å²) in [6, 6.07) is 0.380. The molecule has 1 aromatic heterocycles. The van der Waals surface area contributed by atoms with Gasteiger partial charge in [0, 0.05) is 38.3 Å². The minimum absolute atomic E-state index is 0.0109. The van der Waals surface area contributed by atoms with Crippen molar-refractivity contribution in [1.82, 2.24) is 20.2 Å². The summed E-state index contributed by atoms with van der Waals surface area (Å²) in [4.78, 5) is 16.4. The van der Waals surface area contributed by atoms with Gasteiger partial charge in [-0.05, 0) is 19.3 Å². The van der Waals surface area contributed by atoms with Gasteiger partial charge in [-0.15, -0.1) is 0 Å². The monoisotopic (exact) mass is 234 g/mol. The van der Waals surface area contributed by atoms with E-state index in [1.54, 1.807) is 0 Å². The van der Waals surface area contributed by atoms with Crippen LogP contribution in [-0.4, -0.2) is 34.6 Å². The summed E-state index contributed by atoms with van der Waals surface area (Å²) in [6.07, 6.45) is 6.25. The van der Waals surface area contributed by atoms with Crippen LogP contribution in [0.25, 0.3) is 0 Å². The number of fused-ring (bicyclic) bond motifs is 1. The van der Waals surface area contributed by atoms with Crippen molar-refractivity contribution in [2.45, 2.75) is 38.3 Å². The fourth-order valence-electron chi connectivity index (χ4n) is 2.29. The van der Waals surface area contributed by atoms with E-state index in [9.17, 15) is 4.79 Å². The molecule has 2 N–H and O–H groups in total. The molecule has 5 heteroatoms. The Morgan fingerprint density at radius 1 is 1.47 bits per heavy atom. The Kier molecular flexibility index (Phi) is 2.84. The number of aromatic nitrogens is 2. The molecular formula is C12H18N4O. The van der Waals surface area contributed by atoms with Crippen LogP contribution in [0, 0.1) is 0 Å². The molecule has 17 heavy (non-hydrogen) atoms.